The average molecular weight is 272 g/mol. The highest BCUT2D eigenvalue weighted by Gasteiger charge is 2.35. The van der Waals surface area contributed by atoms with Crippen LogP contribution in [0.3, 0.4) is 0 Å². The van der Waals surface area contributed by atoms with Gasteiger partial charge in [0, 0.05) is 19.1 Å². The van der Waals surface area contributed by atoms with E-state index in [9.17, 15) is 13.5 Å². The van der Waals surface area contributed by atoms with Crippen molar-refractivity contribution in [1.29, 1.82) is 0 Å². The highest BCUT2D eigenvalue weighted by Crippen LogP contribution is 2.21. The normalized spacial score (nSPS) is 20.9. The van der Waals surface area contributed by atoms with Gasteiger partial charge in [0.25, 0.3) is 0 Å². The van der Waals surface area contributed by atoms with E-state index in [2.05, 4.69) is 4.72 Å². The fourth-order valence-corrected chi connectivity index (χ4v) is 3.53. The van der Waals surface area contributed by atoms with Crippen LogP contribution in [0.5, 0.6) is 0 Å². The number of ether oxygens (including phenoxy) is 1. The molecule has 0 aromatic carbocycles. The number of nitrogens with one attached hydrogen (secondary N) is 1. The van der Waals surface area contributed by atoms with E-state index in [-0.39, 0.29) is 12.4 Å². The molecule has 0 aliphatic carbocycles. The summed E-state index contributed by atoms with van der Waals surface area (Å²) in [6, 6.07) is 0. The number of halogens is 1. The Kier molecular flexibility index (Phi) is 5.46. The number of rotatable bonds is 6. The molecule has 0 atom stereocenters. The molecule has 0 amide bonds. The van der Waals surface area contributed by atoms with Gasteiger partial charge in [-0.1, -0.05) is 0 Å². The van der Waals surface area contributed by atoms with Gasteiger partial charge < -0.3 is 9.84 Å². The lowest BCUT2D eigenvalue weighted by atomic mass is 9.93. The van der Waals surface area contributed by atoms with Crippen LogP contribution >= 0.6 is 11.6 Å². The predicted octanol–water partition coefficient (Wildman–Crippen LogP) is 0.0762. The Morgan fingerprint density at radius 3 is 2.50 bits per heavy atom. The lowest BCUT2D eigenvalue weighted by Crippen LogP contribution is -2.55. The summed E-state index contributed by atoms with van der Waals surface area (Å²) in [5.41, 5.74) is -0.747. The molecule has 1 rings (SSSR count). The minimum atomic E-state index is -3.36. The lowest BCUT2D eigenvalue weighted by molar-refractivity contribution is 0.0223. The van der Waals surface area contributed by atoms with E-state index in [1.54, 1.807) is 0 Å². The number of aliphatic hydroxyl groups excluding tert-OH is 1. The van der Waals surface area contributed by atoms with E-state index in [1.165, 1.54) is 0 Å². The number of alkyl halides is 1. The Morgan fingerprint density at radius 2 is 2.00 bits per heavy atom. The van der Waals surface area contributed by atoms with E-state index in [0.717, 1.165) is 0 Å². The second-order valence-corrected chi connectivity index (χ2v) is 6.23. The molecule has 1 saturated heterocycles. The zero-order valence-electron chi connectivity index (χ0n) is 9.12. The molecule has 16 heavy (non-hydrogen) atoms. The molecule has 0 unspecified atom stereocenters. The summed E-state index contributed by atoms with van der Waals surface area (Å²) in [6.45, 7) is 0.744. The number of sulfonamides is 1. The maximum Gasteiger partial charge on any atom is 0.212 e. The third-order valence-corrected chi connectivity index (χ3v) is 4.51. The summed E-state index contributed by atoms with van der Waals surface area (Å²) >= 11 is 5.46. The Balaban J connectivity index is 2.61. The minimum absolute atomic E-state index is 0.000886. The van der Waals surface area contributed by atoms with Crippen molar-refractivity contribution in [2.45, 2.75) is 24.8 Å². The van der Waals surface area contributed by atoms with Crippen molar-refractivity contribution in [2.75, 3.05) is 31.5 Å². The Hall–Kier alpha value is 0.120. The maximum absolute atomic E-state index is 11.7. The van der Waals surface area contributed by atoms with Gasteiger partial charge in [-0.2, -0.15) is 0 Å². The second-order valence-electron chi connectivity index (χ2n) is 4.01. The van der Waals surface area contributed by atoms with Crippen molar-refractivity contribution in [3.8, 4) is 0 Å². The smallest absolute Gasteiger partial charge is 0.212 e. The summed E-state index contributed by atoms with van der Waals surface area (Å²) in [7, 11) is -3.36. The molecular weight excluding hydrogens is 254 g/mol. The Bertz CT molecular complexity index is 301. The van der Waals surface area contributed by atoms with Gasteiger partial charge in [-0.15, -0.1) is 11.6 Å². The second kappa shape index (κ2) is 6.16. The molecule has 1 aliphatic heterocycles. The van der Waals surface area contributed by atoms with Gasteiger partial charge in [0.05, 0.1) is 17.9 Å². The third kappa shape index (κ3) is 4.18. The van der Waals surface area contributed by atoms with Crippen LogP contribution in [0, 0.1) is 0 Å². The highest BCUT2D eigenvalue weighted by atomic mass is 35.5. The van der Waals surface area contributed by atoms with Crippen molar-refractivity contribution in [3.63, 3.8) is 0 Å². The summed E-state index contributed by atoms with van der Waals surface area (Å²) in [6.07, 6.45) is 1.42. The molecule has 0 saturated carbocycles. The number of aliphatic hydroxyl groups is 1. The summed E-state index contributed by atoms with van der Waals surface area (Å²) < 4.78 is 31.1. The molecule has 0 radical (unpaired) electrons. The SMILES string of the molecule is O=S(=O)(CCCCl)NC1(CO)CCOCC1. The minimum Gasteiger partial charge on any atom is -0.394 e. The monoisotopic (exact) mass is 271 g/mol. The molecule has 2 N–H and O–H groups in total. The first-order valence-corrected chi connectivity index (χ1v) is 7.48. The van der Waals surface area contributed by atoms with Crippen molar-refractivity contribution in [2.24, 2.45) is 0 Å². The first kappa shape index (κ1) is 14.2. The van der Waals surface area contributed by atoms with Crippen LogP contribution in [0.1, 0.15) is 19.3 Å². The van der Waals surface area contributed by atoms with Crippen LogP contribution in [0.15, 0.2) is 0 Å². The molecule has 0 bridgehead atoms. The summed E-state index contributed by atoms with van der Waals surface area (Å²) in [5.74, 6) is 0.315. The fraction of sp³-hybridized carbons (Fsp3) is 1.00. The van der Waals surface area contributed by atoms with Gasteiger partial charge in [0.15, 0.2) is 0 Å². The summed E-state index contributed by atoms with van der Waals surface area (Å²) in [4.78, 5) is 0. The van der Waals surface area contributed by atoms with Gasteiger partial charge >= 0.3 is 0 Å². The molecule has 96 valence electrons. The van der Waals surface area contributed by atoms with Crippen LogP contribution in [-0.2, 0) is 14.8 Å². The molecule has 1 heterocycles. The molecule has 0 aromatic heterocycles. The first-order valence-electron chi connectivity index (χ1n) is 5.30. The van der Waals surface area contributed by atoms with Crippen LogP contribution in [0.25, 0.3) is 0 Å². The molecule has 5 nitrogen and oxygen atoms in total. The van der Waals surface area contributed by atoms with Gasteiger partial charge in [-0.05, 0) is 19.3 Å². The van der Waals surface area contributed by atoms with E-state index in [4.69, 9.17) is 16.3 Å². The van der Waals surface area contributed by atoms with Gasteiger partial charge in [0.2, 0.25) is 10.0 Å². The van der Waals surface area contributed by atoms with Crippen LogP contribution in [0.2, 0.25) is 0 Å². The molecule has 1 fully saturated rings. The fourth-order valence-electron chi connectivity index (χ4n) is 1.68. The zero-order valence-corrected chi connectivity index (χ0v) is 10.7. The van der Waals surface area contributed by atoms with Crippen molar-refractivity contribution < 1.29 is 18.3 Å². The summed E-state index contributed by atoms with van der Waals surface area (Å²) in [5, 5.41) is 9.32. The molecule has 1 aliphatic rings. The third-order valence-electron chi connectivity index (χ3n) is 2.67. The van der Waals surface area contributed by atoms with Crippen molar-refractivity contribution >= 4 is 21.6 Å². The van der Waals surface area contributed by atoms with Crippen molar-refractivity contribution in [1.82, 2.24) is 4.72 Å². The van der Waals surface area contributed by atoms with E-state index >= 15 is 0 Å². The van der Waals surface area contributed by atoms with Gasteiger partial charge in [-0.25, -0.2) is 13.1 Å². The largest absolute Gasteiger partial charge is 0.394 e. The van der Waals surface area contributed by atoms with Crippen molar-refractivity contribution in [3.05, 3.63) is 0 Å². The highest BCUT2D eigenvalue weighted by molar-refractivity contribution is 7.89. The molecule has 0 aromatic rings. The average Bonchev–Trinajstić information content (AvgIpc) is 2.27. The van der Waals surface area contributed by atoms with E-state index in [1.807, 2.05) is 0 Å². The molecular formula is C9H18ClNO4S. The zero-order chi connectivity index (χ0) is 12.1. The topological polar surface area (TPSA) is 75.6 Å². The molecule has 0 spiro atoms. The van der Waals surface area contributed by atoms with Crippen LogP contribution < -0.4 is 4.72 Å². The number of hydrogen-bond acceptors (Lipinski definition) is 4. The quantitative estimate of drug-likeness (QED) is 0.671. The Morgan fingerprint density at radius 1 is 1.38 bits per heavy atom. The predicted molar refractivity (Wildman–Crippen MR) is 62.1 cm³/mol. The standard InChI is InChI=1S/C9H18ClNO4S/c10-4-1-7-16(13,14)11-9(8-12)2-5-15-6-3-9/h11-12H,1-8H2. The number of hydrogen-bond donors (Lipinski definition) is 2. The lowest BCUT2D eigenvalue weighted by Gasteiger charge is -2.35. The Labute approximate surface area is 101 Å². The first-order chi connectivity index (χ1) is 7.54. The van der Waals surface area contributed by atoms with Crippen LogP contribution in [0.4, 0.5) is 0 Å². The van der Waals surface area contributed by atoms with E-state index < -0.39 is 15.6 Å². The van der Waals surface area contributed by atoms with Crippen LogP contribution in [-0.4, -0.2) is 50.5 Å². The van der Waals surface area contributed by atoms with Gasteiger partial charge in [-0.3, -0.25) is 0 Å². The van der Waals surface area contributed by atoms with E-state index in [0.29, 0.717) is 38.4 Å². The molecule has 7 heteroatoms. The van der Waals surface area contributed by atoms with Gasteiger partial charge in [0.1, 0.15) is 0 Å². The maximum atomic E-state index is 11.7.